The molecular weight excluding hydrogens is 344 g/mol. The second-order valence-corrected chi connectivity index (χ2v) is 8.15. The number of sulfonamides is 1. The van der Waals surface area contributed by atoms with Crippen molar-refractivity contribution in [2.75, 3.05) is 32.3 Å². The van der Waals surface area contributed by atoms with Crippen LogP contribution in [0.2, 0.25) is 0 Å². The van der Waals surface area contributed by atoms with Gasteiger partial charge >= 0.3 is 0 Å². The van der Waals surface area contributed by atoms with Crippen molar-refractivity contribution in [3.8, 4) is 11.5 Å². The topological polar surface area (TPSA) is 84.9 Å². The van der Waals surface area contributed by atoms with Crippen molar-refractivity contribution >= 4 is 21.6 Å². The Morgan fingerprint density at radius 1 is 1.20 bits per heavy atom. The Balaban J connectivity index is 2.13. The normalized spacial score (nSPS) is 15.8. The van der Waals surface area contributed by atoms with Gasteiger partial charge in [-0.15, -0.1) is 0 Å². The summed E-state index contributed by atoms with van der Waals surface area (Å²) in [5.41, 5.74) is 0.448. The molecule has 1 aliphatic carbocycles. The summed E-state index contributed by atoms with van der Waals surface area (Å²) in [7, 11) is -0.432. The molecule has 0 aromatic heterocycles. The third-order valence-electron chi connectivity index (χ3n) is 4.39. The standard InChI is InChI=1S/C17H26N2O5S/c1-23-14-9-10-16(24-2)15(11-14)18-17(20)12-19(25(3,21)22)13-7-5-4-6-8-13/h9-11,13H,4-8,12H2,1-3H3,(H,18,20). The fourth-order valence-corrected chi connectivity index (χ4v) is 4.23. The van der Waals surface area contributed by atoms with E-state index in [1.54, 1.807) is 18.2 Å². The lowest BCUT2D eigenvalue weighted by atomic mass is 9.95. The second kappa shape index (κ2) is 8.53. The number of benzene rings is 1. The number of hydrogen-bond acceptors (Lipinski definition) is 5. The molecular formula is C17H26N2O5S. The molecule has 1 aliphatic rings. The highest BCUT2D eigenvalue weighted by atomic mass is 32.2. The molecule has 1 amide bonds. The van der Waals surface area contributed by atoms with E-state index in [9.17, 15) is 13.2 Å². The summed E-state index contributed by atoms with van der Waals surface area (Å²) in [6.07, 6.45) is 5.83. The largest absolute Gasteiger partial charge is 0.497 e. The Morgan fingerprint density at radius 3 is 2.44 bits per heavy atom. The first-order chi connectivity index (χ1) is 11.8. The van der Waals surface area contributed by atoms with Crippen LogP contribution in [0.1, 0.15) is 32.1 Å². The maximum atomic E-state index is 12.5. The van der Waals surface area contributed by atoms with Gasteiger partial charge in [-0.25, -0.2) is 8.42 Å². The van der Waals surface area contributed by atoms with Crippen LogP contribution in [-0.4, -0.2) is 51.7 Å². The molecule has 1 aromatic carbocycles. The van der Waals surface area contributed by atoms with Gasteiger partial charge in [0.25, 0.3) is 0 Å². The van der Waals surface area contributed by atoms with Crippen molar-refractivity contribution in [1.82, 2.24) is 4.31 Å². The number of ether oxygens (including phenoxy) is 2. The zero-order valence-electron chi connectivity index (χ0n) is 14.9. The Labute approximate surface area is 149 Å². The van der Waals surface area contributed by atoms with E-state index in [0.29, 0.717) is 17.2 Å². The van der Waals surface area contributed by atoms with Crippen molar-refractivity contribution in [3.05, 3.63) is 18.2 Å². The van der Waals surface area contributed by atoms with E-state index >= 15 is 0 Å². The Hall–Kier alpha value is -1.80. The molecule has 25 heavy (non-hydrogen) atoms. The summed E-state index contributed by atoms with van der Waals surface area (Å²) >= 11 is 0. The van der Waals surface area contributed by atoms with Gasteiger partial charge in [0.05, 0.1) is 32.7 Å². The maximum Gasteiger partial charge on any atom is 0.239 e. The lowest BCUT2D eigenvalue weighted by molar-refractivity contribution is -0.116. The van der Waals surface area contributed by atoms with Gasteiger partial charge in [0.1, 0.15) is 11.5 Å². The number of carbonyl (C=O) groups excluding carboxylic acids is 1. The van der Waals surface area contributed by atoms with Crippen molar-refractivity contribution in [2.24, 2.45) is 0 Å². The summed E-state index contributed by atoms with van der Waals surface area (Å²) in [5.74, 6) is 0.656. The minimum atomic E-state index is -3.46. The predicted octanol–water partition coefficient (Wildman–Crippen LogP) is 2.24. The first kappa shape index (κ1) is 19.5. The van der Waals surface area contributed by atoms with E-state index in [-0.39, 0.29) is 12.6 Å². The second-order valence-electron chi connectivity index (χ2n) is 6.21. The average Bonchev–Trinajstić information content (AvgIpc) is 2.59. The van der Waals surface area contributed by atoms with Crippen LogP contribution in [-0.2, 0) is 14.8 Å². The quantitative estimate of drug-likeness (QED) is 0.796. The number of anilines is 1. The third kappa shape index (κ3) is 5.34. The van der Waals surface area contributed by atoms with Crippen molar-refractivity contribution < 1.29 is 22.7 Å². The molecule has 0 radical (unpaired) electrons. The highest BCUT2D eigenvalue weighted by Crippen LogP contribution is 2.29. The molecule has 8 heteroatoms. The molecule has 0 saturated heterocycles. The predicted molar refractivity (Wildman–Crippen MR) is 96.6 cm³/mol. The first-order valence-corrected chi connectivity index (χ1v) is 10.2. The summed E-state index contributed by atoms with van der Waals surface area (Å²) in [5, 5.41) is 2.73. The summed E-state index contributed by atoms with van der Waals surface area (Å²) in [6, 6.07) is 4.94. The van der Waals surface area contributed by atoms with E-state index in [1.165, 1.54) is 18.5 Å². The van der Waals surface area contributed by atoms with Gasteiger partial charge in [-0.3, -0.25) is 4.79 Å². The average molecular weight is 370 g/mol. The zero-order chi connectivity index (χ0) is 18.4. The van der Waals surface area contributed by atoms with E-state index in [2.05, 4.69) is 5.32 Å². The Kier molecular flexibility index (Phi) is 6.66. The van der Waals surface area contributed by atoms with Crippen molar-refractivity contribution in [1.29, 1.82) is 0 Å². The zero-order valence-corrected chi connectivity index (χ0v) is 15.8. The fraction of sp³-hybridized carbons (Fsp3) is 0.588. The van der Waals surface area contributed by atoms with Crippen LogP contribution in [0.4, 0.5) is 5.69 Å². The monoisotopic (exact) mass is 370 g/mol. The molecule has 1 N–H and O–H groups in total. The van der Waals surface area contributed by atoms with Gasteiger partial charge in [-0.2, -0.15) is 4.31 Å². The van der Waals surface area contributed by atoms with Crippen molar-refractivity contribution in [3.63, 3.8) is 0 Å². The molecule has 1 aromatic rings. The van der Waals surface area contributed by atoms with Gasteiger partial charge in [0.2, 0.25) is 15.9 Å². The Bertz CT molecular complexity index is 699. The number of amides is 1. The highest BCUT2D eigenvalue weighted by molar-refractivity contribution is 7.88. The molecule has 0 bridgehead atoms. The summed E-state index contributed by atoms with van der Waals surface area (Å²) < 4.78 is 36.0. The van der Waals surface area contributed by atoms with Gasteiger partial charge in [0.15, 0.2) is 0 Å². The lowest BCUT2D eigenvalue weighted by Gasteiger charge is -2.31. The van der Waals surface area contributed by atoms with Crippen LogP contribution in [0.5, 0.6) is 11.5 Å². The van der Waals surface area contributed by atoms with Crippen LogP contribution in [0.25, 0.3) is 0 Å². The molecule has 0 spiro atoms. The minimum Gasteiger partial charge on any atom is -0.497 e. The third-order valence-corrected chi connectivity index (χ3v) is 5.67. The number of hydrogen-bond donors (Lipinski definition) is 1. The van der Waals surface area contributed by atoms with E-state index < -0.39 is 15.9 Å². The van der Waals surface area contributed by atoms with Gasteiger partial charge < -0.3 is 14.8 Å². The van der Waals surface area contributed by atoms with E-state index in [0.717, 1.165) is 38.4 Å². The summed E-state index contributed by atoms with van der Waals surface area (Å²) in [6.45, 7) is -0.204. The highest BCUT2D eigenvalue weighted by Gasteiger charge is 2.30. The van der Waals surface area contributed by atoms with Crippen LogP contribution in [0.3, 0.4) is 0 Å². The lowest BCUT2D eigenvalue weighted by Crippen LogP contribution is -2.45. The SMILES string of the molecule is COc1ccc(OC)c(NC(=O)CN(C2CCCCC2)S(C)(=O)=O)c1. The number of carbonyl (C=O) groups is 1. The molecule has 0 atom stereocenters. The minimum absolute atomic E-state index is 0.110. The number of methoxy groups -OCH3 is 2. The molecule has 1 fully saturated rings. The molecule has 140 valence electrons. The van der Waals surface area contributed by atoms with E-state index in [4.69, 9.17) is 9.47 Å². The molecule has 0 unspecified atom stereocenters. The molecule has 1 saturated carbocycles. The van der Waals surface area contributed by atoms with E-state index in [1.807, 2.05) is 0 Å². The maximum absolute atomic E-state index is 12.5. The molecule has 0 aliphatic heterocycles. The van der Waals surface area contributed by atoms with Crippen LogP contribution in [0, 0.1) is 0 Å². The van der Waals surface area contributed by atoms with Crippen molar-refractivity contribution in [2.45, 2.75) is 38.1 Å². The smallest absolute Gasteiger partial charge is 0.239 e. The van der Waals surface area contributed by atoms with Crippen LogP contribution in [0.15, 0.2) is 18.2 Å². The summed E-state index contributed by atoms with van der Waals surface area (Å²) in [4.78, 5) is 12.5. The fourth-order valence-electron chi connectivity index (χ4n) is 3.13. The van der Waals surface area contributed by atoms with Crippen LogP contribution < -0.4 is 14.8 Å². The molecule has 0 heterocycles. The number of nitrogens with zero attached hydrogens (tertiary/aromatic N) is 1. The molecule has 2 rings (SSSR count). The number of rotatable bonds is 7. The van der Waals surface area contributed by atoms with Crippen LogP contribution >= 0.6 is 0 Å². The first-order valence-electron chi connectivity index (χ1n) is 8.34. The molecule has 7 nitrogen and oxygen atoms in total. The van der Waals surface area contributed by atoms with Gasteiger partial charge in [0, 0.05) is 12.1 Å². The number of nitrogens with one attached hydrogen (secondary N) is 1. The van der Waals surface area contributed by atoms with Gasteiger partial charge in [-0.1, -0.05) is 19.3 Å². The Morgan fingerprint density at radius 2 is 1.88 bits per heavy atom. The van der Waals surface area contributed by atoms with Gasteiger partial charge in [-0.05, 0) is 25.0 Å².